The number of ketones is 1. The first-order valence-corrected chi connectivity index (χ1v) is 17.4. The van der Waals surface area contributed by atoms with E-state index in [1.807, 2.05) is 22.8 Å². The van der Waals surface area contributed by atoms with Crippen molar-refractivity contribution in [3.05, 3.63) is 109 Å². The highest BCUT2D eigenvalue weighted by Crippen LogP contribution is 2.40. The number of carbonyl (C=O) groups excluding carboxylic acids is 1. The molecule has 3 heterocycles. The van der Waals surface area contributed by atoms with Crippen LogP contribution in [-0.2, 0) is 9.16 Å². The van der Waals surface area contributed by atoms with Gasteiger partial charge in [0.1, 0.15) is 11.7 Å². The van der Waals surface area contributed by atoms with Crippen LogP contribution in [0.1, 0.15) is 49.6 Å². The first-order chi connectivity index (χ1) is 21.2. The number of benzene rings is 3. The number of hydrogen-bond donors (Lipinski definition) is 2. The van der Waals surface area contributed by atoms with Crippen molar-refractivity contribution in [1.82, 2.24) is 19.5 Å². The van der Waals surface area contributed by atoms with Gasteiger partial charge in [-0.05, 0) is 27.6 Å². The maximum Gasteiger partial charge on any atom is 0.261 e. The summed E-state index contributed by atoms with van der Waals surface area (Å²) in [6.45, 7) is 7.22. The Balaban J connectivity index is 1.31. The van der Waals surface area contributed by atoms with Crippen LogP contribution in [0.3, 0.4) is 0 Å². The van der Waals surface area contributed by atoms with Gasteiger partial charge >= 0.3 is 0 Å². The number of anilines is 1. The monoisotopic (exact) mass is 623 g/mol. The fourth-order valence-electron chi connectivity index (χ4n) is 6.26. The van der Waals surface area contributed by atoms with Gasteiger partial charge in [0, 0.05) is 11.5 Å². The van der Waals surface area contributed by atoms with Gasteiger partial charge in [0.15, 0.2) is 11.5 Å². The molecular formula is C34H37N5O3SSi. The standard InChI is InChI=1S/C34H37N5O3SSi/c1-34(2,3)44(25-15-9-5-10-16-25,26-17-11-6-12-18-26)41-20-27-24(21-43)19-28(42-27)39-22-36-29-31(35)37-32(38-33(29)39)30(40)23-13-7-4-8-14-23/h4-18,22,24,27-28,43H,19-21H2,1-3H3,(H2,35,37,38)/t24-,27+,28-/m1/s1. The molecule has 8 nitrogen and oxygen atoms in total. The SMILES string of the molecule is CC(C)(C)[Si](OC[C@@H]1O[C@@H](n2cnc3c(N)nc(C(=O)c4ccccc4)nc32)C[C@@H]1CS)(c1ccccc1)c1ccccc1. The van der Waals surface area contributed by atoms with E-state index in [0.29, 0.717) is 35.5 Å². The van der Waals surface area contributed by atoms with E-state index in [1.165, 1.54) is 10.4 Å². The van der Waals surface area contributed by atoms with Gasteiger partial charge in [-0.3, -0.25) is 9.36 Å². The maximum absolute atomic E-state index is 13.2. The summed E-state index contributed by atoms with van der Waals surface area (Å²) in [7, 11) is -2.75. The number of carbonyl (C=O) groups is 1. The molecule has 0 amide bonds. The minimum absolute atomic E-state index is 0.0262. The second-order valence-corrected chi connectivity index (χ2v) is 16.9. The van der Waals surface area contributed by atoms with Gasteiger partial charge in [0.2, 0.25) is 11.6 Å². The van der Waals surface area contributed by atoms with Crippen LogP contribution >= 0.6 is 12.6 Å². The third kappa shape index (κ3) is 5.47. The van der Waals surface area contributed by atoms with Gasteiger partial charge in [-0.25, -0.2) is 15.0 Å². The Morgan fingerprint density at radius 2 is 1.57 bits per heavy atom. The number of fused-ring (bicyclic) bond motifs is 1. The van der Waals surface area contributed by atoms with E-state index >= 15 is 0 Å². The van der Waals surface area contributed by atoms with Crippen molar-refractivity contribution in [1.29, 1.82) is 0 Å². The molecule has 0 saturated carbocycles. The Labute approximate surface area is 264 Å². The van der Waals surface area contributed by atoms with E-state index in [0.717, 1.165) is 0 Å². The topological polar surface area (TPSA) is 105 Å². The molecular weight excluding hydrogens is 587 g/mol. The molecule has 0 bridgehead atoms. The van der Waals surface area contributed by atoms with Crippen LogP contribution in [0.15, 0.2) is 97.3 Å². The van der Waals surface area contributed by atoms with Crippen LogP contribution in [0.5, 0.6) is 0 Å². The molecule has 0 spiro atoms. The van der Waals surface area contributed by atoms with E-state index in [4.69, 9.17) is 27.5 Å². The third-order valence-electron chi connectivity index (χ3n) is 8.48. The summed E-state index contributed by atoms with van der Waals surface area (Å²) >= 11 is 4.71. The smallest absolute Gasteiger partial charge is 0.261 e. The molecule has 44 heavy (non-hydrogen) atoms. The lowest BCUT2D eigenvalue weighted by molar-refractivity contribution is -0.0240. The maximum atomic E-state index is 13.2. The molecule has 3 atom stereocenters. The molecule has 6 rings (SSSR count). The normalized spacial score (nSPS) is 19.0. The number of rotatable bonds is 9. The van der Waals surface area contributed by atoms with E-state index in [1.54, 1.807) is 30.6 Å². The average molecular weight is 624 g/mol. The highest BCUT2D eigenvalue weighted by Gasteiger charge is 2.51. The molecule has 3 aromatic carbocycles. The van der Waals surface area contributed by atoms with E-state index in [9.17, 15) is 4.79 Å². The lowest BCUT2D eigenvalue weighted by Crippen LogP contribution is -2.67. The summed E-state index contributed by atoms with van der Waals surface area (Å²) in [5, 5.41) is 2.29. The van der Waals surface area contributed by atoms with Crippen LogP contribution < -0.4 is 16.1 Å². The number of aromatic nitrogens is 4. The summed E-state index contributed by atoms with van der Waals surface area (Å²) in [5.41, 5.74) is 7.66. The number of nitrogen functional groups attached to an aromatic ring is 1. The summed E-state index contributed by atoms with van der Waals surface area (Å²) in [4.78, 5) is 26.6. The summed E-state index contributed by atoms with van der Waals surface area (Å²) in [5.74, 6) is 0.640. The molecule has 0 radical (unpaired) electrons. The van der Waals surface area contributed by atoms with Crippen molar-refractivity contribution in [3.63, 3.8) is 0 Å². The Bertz CT molecular complexity index is 1710. The number of nitrogens with zero attached hydrogens (tertiary/aromatic N) is 4. The minimum atomic E-state index is -2.75. The van der Waals surface area contributed by atoms with E-state index < -0.39 is 8.32 Å². The summed E-state index contributed by atoms with van der Waals surface area (Å²) in [6, 6.07) is 30.1. The molecule has 2 N–H and O–H groups in total. The molecule has 2 aromatic heterocycles. The van der Waals surface area contributed by atoms with Gasteiger partial charge < -0.3 is 14.9 Å². The predicted octanol–water partition coefficient (Wildman–Crippen LogP) is 5.05. The summed E-state index contributed by atoms with van der Waals surface area (Å²) < 4.78 is 15.8. The molecule has 0 unspecified atom stereocenters. The highest BCUT2D eigenvalue weighted by atomic mass is 32.1. The lowest BCUT2D eigenvalue weighted by Gasteiger charge is -2.43. The quantitative estimate of drug-likeness (QED) is 0.135. The van der Waals surface area contributed by atoms with Crippen molar-refractivity contribution in [2.75, 3.05) is 18.1 Å². The number of ether oxygens (including phenoxy) is 1. The first kappa shape index (κ1) is 30.2. The Morgan fingerprint density at radius 3 is 2.14 bits per heavy atom. The summed E-state index contributed by atoms with van der Waals surface area (Å²) in [6.07, 6.45) is 1.77. The molecule has 1 fully saturated rings. The van der Waals surface area contributed by atoms with Crippen molar-refractivity contribution in [2.24, 2.45) is 5.92 Å². The zero-order valence-electron chi connectivity index (χ0n) is 25.1. The number of imidazole rings is 1. The first-order valence-electron chi connectivity index (χ1n) is 14.8. The third-order valence-corrected chi connectivity index (χ3v) is 13.9. The molecule has 1 aliphatic rings. The van der Waals surface area contributed by atoms with Crippen molar-refractivity contribution in [2.45, 2.75) is 44.6 Å². The zero-order chi connectivity index (χ0) is 30.9. The van der Waals surface area contributed by atoms with Gasteiger partial charge in [-0.2, -0.15) is 12.6 Å². The molecule has 5 aromatic rings. The van der Waals surface area contributed by atoms with Crippen LogP contribution in [-0.4, -0.2) is 52.1 Å². The van der Waals surface area contributed by atoms with Crippen LogP contribution in [0.2, 0.25) is 5.04 Å². The average Bonchev–Trinajstić information content (AvgIpc) is 3.66. The lowest BCUT2D eigenvalue weighted by atomic mass is 10.0. The highest BCUT2D eigenvalue weighted by molar-refractivity contribution is 7.80. The Morgan fingerprint density at radius 1 is 0.977 bits per heavy atom. The number of thiol groups is 1. The molecule has 1 aliphatic heterocycles. The minimum Gasteiger partial charge on any atom is -0.405 e. The molecule has 0 aliphatic carbocycles. The van der Waals surface area contributed by atoms with Gasteiger partial charge in [0.25, 0.3) is 8.32 Å². The molecule has 226 valence electrons. The molecule has 1 saturated heterocycles. The second-order valence-electron chi connectivity index (χ2n) is 12.2. The Kier molecular flexibility index (Phi) is 8.43. The van der Waals surface area contributed by atoms with E-state index in [2.05, 4.69) is 84.3 Å². The van der Waals surface area contributed by atoms with Crippen LogP contribution in [0.4, 0.5) is 5.82 Å². The molecule has 10 heteroatoms. The largest absolute Gasteiger partial charge is 0.405 e. The fourth-order valence-corrected chi connectivity index (χ4v) is 11.2. The second kappa shape index (κ2) is 12.3. The predicted molar refractivity (Wildman–Crippen MR) is 179 cm³/mol. The van der Waals surface area contributed by atoms with Crippen molar-refractivity contribution < 1.29 is 14.0 Å². The van der Waals surface area contributed by atoms with Gasteiger partial charge in [-0.1, -0.05) is 112 Å². The van der Waals surface area contributed by atoms with Crippen molar-refractivity contribution >= 4 is 54.1 Å². The van der Waals surface area contributed by atoms with E-state index in [-0.39, 0.29) is 40.7 Å². The fraction of sp³-hybridized carbons (Fsp3) is 0.294. The number of nitrogens with two attached hydrogens (primary N) is 1. The Hall–Kier alpha value is -3.83. The zero-order valence-corrected chi connectivity index (χ0v) is 27.0. The van der Waals surface area contributed by atoms with Gasteiger partial charge in [0.05, 0.1) is 19.0 Å². The van der Waals surface area contributed by atoms with Gasteiger partial charge in [-0.15, -0.1) is 0 Å². The van der Waals surface area contributed by atoms with Crippen LogP contribution in [0.25, 0.3) is 11.2 Å². The van der Waals surface area contributed by atoms with Crippen LogP contribution in [0, 0.1) is 5.92 Å². The van der Waals surface area contributed by atoms with Crippen molar-refractivity contribution in [3.8, 4) is 0 Å². The number of hydrogen-bond acceptors (Lipinski definition) is 8.